The molecular formula is C27H24FN3O3S. The molecule has 0 aliphatic carbocycles. The summed E-state index contributed by atoms with van der Waals surface area (Å²) in [6, 6.07) is 20.2. The van der Waals surface area contributed by atoms with Crippen LogP contribution < -0.4 is 9.64 Å². The number of carbonyl (C=O) groups is 1. The first-order valence-electron chi connectivity index (χ1n) is 11.7. The third-order valence-corrected chi connectivity index (χ3v) is 7.57. The van der Waals surface area contributed by atoms with Crippen LogP contribution in [0.1, 0.15) is 17.0 Å². The fourth-order valence-corrected chi connectivity index (χ4v) is 5.73. The number of anilines is 1. The minimum atomic E-state index is -0.544. The van der Waals surface area contributed by atoms with Crippen LogP contribution in [0.5, 0.6) is 11.5 Å². The topological polar surface area (TPSA) is 54.9 Å². The highest BCUT2D eigenvalue weighted by molar-refractivity contribution is 7.22. The number of hydrogen-bond donors (Lipinski definition) is 0. The molecule has 1 aromatic heterocycles. The van der Waals surface area contributed by atoms with Crippen LogP contribution in [0, 0.1) is 5.82 Å². The van der Waals surface area contributed by atoms with E-state index in [0.29, 0.717) is 48.5 Å². The summed E-state index contributed by atoms with van der Waals surface area (Å²) in [5.41, 5.74) is 1.93. The van der Waals surface area contributed by atoms with Crippen molar-refractivity contribution >= 4 is 32.6 Å². The summed E-state index contributed by atoms with van der Waals surface area (Å²) in [6.07, 6.45) is 0. The monoisotopic (exact) mass is 489 g/mol. The van der Waals surface area contributed by atoms with E-state index >= 15 is 0 Å². The molecule has 0 saturated carbocycles. The largest absolute Gasteiger partial charge is 0.457 e. The van der Waals surface area contributed by atoms with E-state index in [0.717, 1.165) is 28.9 Å². The Kier molecular flexibility index (Phi) is 5.93. The summed E-state index contributed by atoms with van der Waals surface area (Å²) in [5.74, 6) is 0.326. The molecular weight excluding hydrogens is 465 g/mol. The molecule has 0 N–H and O–H groups in total. The molecule has 2 aliphatic heterocycles. The number of thiazole rings is 1. The Labute approximate surface area is 206 Å². The van der Waals surface area contributed by atoms with Gasteiger partial charge in [-0.1, -0.05) is 53.8 Å². The Bertz CT molecular complexity index is 1340. The van der Waals surface area contributed by atoms with Crippen molar-refractivity contribution in [2.45, 2.75) is 5.92 Å². The van der Waals surface area contributed by atoms with Gasteiger partial charge in [-0.25, -0.2) is 9.37 Å². The van der Waals surface area contributed by atoms with Crippen LogP contribution in [0.2, 0.25) is 0 Å². The number of ether oxygens (including phenoxy) is 2. The predicted octanol–water partition coefficient (Wildman–Crippen LogP) is 5.04. The summed E-state index contributed by atoms with van der Waals surface area (Å²) in [5, 5.41) is 0.504. The van der Waals surface area contributed by atoms with Crippen LogP contribution in [-0.2, 0) is 9.53 Å². The maximum Gasteiger partial charge on any atom is 0.241 e. The van der Waals surface area contributed by atoms with Crippen molar-refractivity contribution in [1.29, 1.82) is 0 Å². The van der Waals surface area contributed by atoms with Crippen molar-refractivity contribution in [3.8, 4) is 11.5 Å². The molecule has 6 rings (SSSR count). The SMILES string of the molecule is O=C(C1c2ccccc2Oc2ccccc21)N(CCN1CCOCC1)c1nc2c(F)cccc2s1. The van der Waals surface area contributed by atoms with Gasteiger partial charge in [-0.2, -0.15) is 0 Å². The highest BCUT2D eigenvalue weighted by atomic mass is 32.1. The Morgan fingerprint density at radius 3 is 2.37 bits per heavy atom. The van der Waals surface area contributed by atoms with E-state index in [-0.39, 0.29) is 11.7 Å². The zero-order valence-electron chi connectivity index (χ0n) is 19.0. The molecule has 3 heterocycles. The number of amides is 1. The average molecular weight is 490 g/mol. The summed E-state index contributed by atoms with van der Waals surface area (Å²) >= 11 is 1.34. The zero-order chi connectivity index (χ0) is 23.8. The lowest BCUT2D eigenvalue weighted by molar-refractivity contribution is -0.119. The van der Waals surface area contributed by atoms with Gasteiger partial charge in [0.05, 0.1) is 23.8 Å². The van der Waals surface area contributed by atoms with E-state index in [4.69, 9.17) is 9.47 Å². The van der Waals surface area contributed by atoms with Gasteiger partial charge in [0.15, 0.2) is 5.13 Å². The summed E-state index contributed by atoms with van der Waals surface area (Å²) in [7, 11) is 0. The zero-order valence-corrected chi connectivity index (χ0v) is 19.8. The standard InChI is InChI=1S/C27H24FN3O3S/c28-20-8-5-11-23-25(20)29-27(35-23)31(13-12-30-14-16-33-17-15-30)26(32)24-18-6-1-3-9-21(18)34-22-10-4-2-7-19(22)24/h1-11,24H,12-17H2. The fraction of sp³-hybridized carbons (Fsp3) is 0.259. The predicted molar refractivity (Wildman–Crippen MR) is 134 cm³/mol. The van der Waals surface area contributed by atoms with E-state index < -0.39 is 5.92 Å². The van der Waals surface area contributed by atoms with E-state index in [1.807, 2.05) is 54.6 Å². The quantitative estimate of drug-likeness (QED) is 0.393. The van der Waals surface area contributed by atoms with Gasteiger partial charge in [0.2, 0.25) is 5.91 Å². The summed E-state index contributed by atoms with van der Waals surface area (Å²) < 4.78 is 26.8. The Balaban J connectivity index is 1.42. The molecule has 0 spiro atoms. The Hall–Kier alpha value is -3.33. The van der Waals surface area contributed by atoms with Crippen molar-refractivity contribution in [3.05, 3.63) is 83.7 Å². The molecule has 35 heavy (non-hydrogen) atoms. The Morgan fingerprint density at radius 2 is 1.69 bits per heavy atom. The summed E-state index contributed by atoms with van der Waals surface area (Å²) in [6.45, 7) is 4.13. The maximum atomic E-state index is 14.5. The van der Waals surface area contributed by atoms with E-state index in [2.05, 4.69) is 9.88 Å². The number of fused-ring (bicyclic) bond motifs is 3. The van der Waals surface area contributed by atoms with Gasteiger partial charge in [-0.3, -0.25) is 14.6 Å². The number of aromatic nitrogens is 1. The number of carbonyl (C=O) groups excluding carboxylic acids is 1. The molecule has 0 bridgehead atoms. The average Bonchev–Trinajstić information content (AvgIpc) is 3.33. The van der Waals surface area contributed by atoms with Gasteiger partial charge in [-0.05, 0) is 24.3 Å². The molecule has 1 amide bonds. The van der Waals surface area contributed by atoms with Crippen molar-refractivity contribution in [2.24, 2.45) is 0 Å². The lowest BCUT2D eigenvalue weighted by Gasteiger charge is -2.33. The van der Waals surface area contributed by atoms with Crippen molar-refractivity contribution in [1.82, 2.24) is 9.88 Å². The van der Waals surface area contributed by atoms with E-state index in [1.165, 1.54) is 17.4 Å². The van der Waals surface area contributed by atoms with Crippen LogP contribution in [0.3, 0.4) is 0 Å². The number of morpholine rings is 1. The molecule has 178 valence electrons. The minimum absolute atomic E-state index is 0.0964. The normalized spacial score (nSPS) is 15.9. The van der Waals surface area contributed by atoms with Crippen molar-refractivity contribution < 1.29 is 18.7 Å². The van der Waals surface area contributed by atoms with Crippen LogP contribution in [0.4, 0.5) is 9.52 Å². The maximum absolute atomic E-state index is 14.5. The third kappa shape index (κ3) is 4.18. The summed E-state index contributed by atoms with van der Waals surface area (Å²) in [4.78, 5) is 22.9. The highest BCUT2D eigenvalue weighted by Crippen LogP contribution is 2.45. The molecule has 8 heteroatoms. The van der Waals surface area contributed by atoms with Crippen molar-refractivity contribution in [2.75, 3.05) is 44.3 Å². The van der Waals surface area contributed by atoms with Crippen molar-refractivity contribution in [3.63, 3.8) is 0 Å². The van der Waals surface area contributed by atoms with Crippen LogP contribution in [0.25, 0.3) is 10.2 Å². The molecule has 4 aromatic rings. The first-order valence-corrected chi connectivity index (χ1v) is 12.5. The molecule has 1 fully saturated rings. The lowest BCUT2D eigenvalue weighted by atomic mass is 9.87. The number of benzene rings is 3. The van der Waals surface area contributed by atoms with E-state index in [9.17, 15) is 9.18 Å². The Morgan fingerprint density at radius 1 is 1.00 bits per heavy atom. The molecule has 0 unspecified atom stereocenters. The van der Waals surface area contributed by atoms with Gasteiger partial charge in [0.25, 0.3) is 0 Å². The van der Waals surface area contributed by atoms with Crippen LogP contribution >= 0.6 is 11.3 Å². The van der Waals surface area contributed by atoms with Gasteiger partial charge < -0.3 is 9.47 Å². The van der Waals surface area contributed by atoms with Crippen LogP contribution in [0.15, 0.2) is 66.7 Å². The number of halogens is 1. The van der Waals surface area contributed by atoms with E-state index in [1.54, 1.807) is 11.0 Å². The van der Waals surface area contributed by atoms with Gasteiger partial charge >= 0.3 is 0 Å². The molecule has 0 radical (unpaired) electrons. The molecule has 3 aromatic carbocycles. The second-order valence-electron chi connectivity index (χ2n) is 8.64. The lowest BCUT2D eigenvalue weighted by Crippen LogP contribution is -2.44. The fourth-order valence-electron chi connectivity index (χ4n) is 4.72. The molecule has 2 aliphatic rings. The molecule has 6 nitrogen and oxygen atoms in total. The number of rotatable bonds is 5. The van der Waals surface area contributed by atoms with Gasteiger partial charge in [-0.15, -0.1) is 0 Å². The third-order valence-electron chi connectivity index (χ3n) is 6.53. The second-order valence-corrected chi connectivity index (χ2v) is 9.65. The van der Waals surface area contributed by atoms with Crippen LogP contribution in [-0.4, -0.2) is 55.2 Å². The highest BCUT2D eigenvalue weighted by Gasteiger charge is 2.36. The number of nitrogens with zero attached hydrogens (tertiary/aromatic N) is 3. The first kappa shape index (κ1) is 22.2. The minimum Gasteiger partial charge on any atom is -0.457 e. The first-order chi connectivity index (χ1) is 17.2. The molecule has 1 saturated heterocycles. The second kappa shape index (κ2) is 9.37. The molecule has 0 atom stereocenters. The number of hydrogen-bond acceptors (Lipinski definition) is 6. The van der Waals surface area contributed by atoms with Gasteiger partial charge in [0, 0.05) is 37.3 Å². The number of para-hydroxylation sites is 3. The van der Waals surface area contributed by atoms with Gasteiger partial charge in [0.1, 0.15) is 22.8 Å². The smallest absolute Gasteiger partial charge is 0.241 e.